The quantitative estimate of drug-likeness (QED) is 0.745. The second-order valence-corrected chi connectivity index (χ2v) is 7.76. The SMILES string of the molecule is COc1ccc(CN2CCCC(CNC(=O)C3(N)CCC3)C2)c(C)c1.Cl.Cl. The Labute approximate surface area is 175 Å². The number of rotatable bonds is 6. The first-order valence-corrected chi connectivity index (χ1v) is 9.43. The van der Waals surface area contributed by atoms with E-state index < -0.39 is 5.54 Å². The van der Waals surface area contributed by atoms with Gasteiger partial charge in [-0.3, -0.25) is 9.69 Å². The van der Waals surface area contributed by atoms with Gasteiger partial charge in [0.2, 0.25) is 5.91 Å². The molecule has 0 spiro atoms. The molecular formula is C20H33Cl2N3O2. The van der Waals surface area contributed by atoms with Crippen LogP contribution in [0.2, 0.25) is 0 Å². The maximum Gasteiger partial charge on any atom is 0.240 e. The average Bonchev–Trinajstić information content (AvgIpc) is 2.59. The van der Waals surface area contributed by atoms with Gasteiger partial charge in [0.1, 0.15) is 5.75 Å². The molecule has 0 bridgehead atoms. The number of methoxy groups -OCH3 is 1. The lowest BCUT2D eigenvalue weighted by atomic mass is 9.77. The van der Waals surface area contributed by atoms with Gasteiger partial charge in [0, 0.05) is 19.6 Å². The number of aryl methyl sites for hydroxylation is 1. The van der Waals surface area contributed by atoms with Gasteiger partial charge < -0.3 is 15.8 Å². The Morgan fingerprint density at radius 3 is 2.67 bits per heavy atom. The predicted octanol–water partition coefficient (Wildman–Crippen LogP) is 3.06. The molecule has 1 aliphatic heterocycles. The predicted molar refractivity (Wildman–Crippen MR) is 114 cm³/mol. The number of nitrogens with two attached hydrogens (primary N) is 1. The van der Waals surface area contributed by atoms with Crippen molar-refractivity contribution in [1.29, 1.82) is 0 Å². The number of ether oxygens (including phenoxy) is 1. The third kappa shape index (κ3) is 5.98. The van der Waals surface area contributed by atoms with Gasteiger partial charge in [-0.05, 0) is 74.8 Å². The number of carbonyl (C=O) groups is 1. The van der Waals surface area contributed by atoms with Crippen LogP contribution in [0.1, 0.15) is 43.2 Å². The molecule has 1 aliphatic carbocycles. The molecule has 0 aromatic heterocycles. The first-order valence-electron chi connectivity index (χ1n) is 9.43. The van der Waals surface area contributed by atoms with Crippen LogP contribution in [-0.2, 0) is 11.3 Å². The van der Waals surface area contributed by atoms with Crippen LogP contribution in [0.25, 0.3) is 0 Å². The summed E-state index contributed by atoms with van der Waals surface area (Å²) in [6.45, 7) is 6.00. The number of benzene rings is 1. The molecule has 1 heterocycles. The molecular weight excluding hydrogens is 385 g/mol. The zero-order chi connectivity index (χ0) is 17.9. The molecule has 154 valence electrons. The molecule has 1 aromatic carbocycles. The van der Waals surface area contributed by atoms with Crippen molar-refractivity contribution in [2.45, 2.75) is 51.1 Å². The lowest BCUT2D eigenvalue weighted by molar-refractivity contribution is -0.129. The fourth-order valence-corrected chi connectivity index (χ4v) is 3.87. The Morgan fingerprint density at radius 1 is 1.33 bits per heavy atom. The van der Waals surface area contributed by atoms with Crippen molar-refractivity contribution in [3.63, 3.8) is 0 Å². The summed E-state index contributed by atoms with van der Waals surface area (Å²) in [6, 6.07) is 6.29. The molecule has 1 atom stereocenters. The van der Waals surface area contributed by atoms with Crippen molar-refractivity contribution < 1.29 is 9.53 Å². The first kappa shape index (κ1) is 24.0. The van der Waals surface area contributed by atoms with Gasteiger partial charge in [-0.15, -0.1) is 24.8 Å². The van der Waals surface area contributed by atoms with Gasteiger partial charge in [-0.2, -0.15) is 0 Å². The van der Waals surface area contributed by atoms with E-state index in [-0.39, 0.29) is 30.7 Å². The summed E-state index contributed by atoms with van der Waals surface area (Å²) in [5.41, 5.74) is 8.13. The number of hydrogen-bond acceptors (Lipinski definition) is 4. The number of amides is 1. The lowest BCUT2D eigenvalue weighted by Gasteiger charge is -2.37. The van der Waals surface area contributed by atoms with Crippen molar-refractivity contribution in [2.24, 2.45) is 11.7 Å². The molecule has 0 radical (unpaired) electrons. The van der Waals surface area contributed by atoms with Gasteiger partial charge in [0.25, 0.3) is 0 Å². The Hall–Kier alpha value is -1.01. The van der Waals surface area contributed by atoms with Crippen LogP contribution in [0.4, 0.5) is 0 Å². The van der Waals surface area contributed by atoms with Crippen LogP contribution in [0.15, 0.2) is 18.2 Å². The van der Waals surface area contributed by atoms with E-state index in [4.69, 9.17) is 10.5 Å². The van der Waals surface area contributed by atoms with E-state index in [0.717, 1.165) is 51.2 Å². The molecule has 1 unspecified atom stereocenters. The molecule has 2 fully saturated rings. The summed E-state index contributed by atoms with van der Waals surface area (Å²) in [5.74, 6) is 1.47. The molecule has 2 aliphatic rings. The summed E-state index contributed by atoms with van der Waals surface area (Å²) >= 11 is 0. The topological polar surface area (TPSA) is 67.6 Å². The molecule has 1 aromatic rings. The fourth-order valence-electron chi connectivity index (χ4n) is 3.87. The van der Waals surface area contributed by atoms with Crippen LogP contribution in [-0.4, -0.2) is 43.1 Å². The lowest BCUT2D eigenvalue weighted by Crippen LogP contribution is -2.59. The molecule has 1 saturated carbocycles. The monoisotopic (exact) mass is 417 g/mol. The Morgan fingerprint density at radius 2 is 2.07 bits per heavy atom. The van der Waals surface area contributed by atoms with Crippen molar-refractivity contribution in [3.05, 3.63) is 29.3 Å². The fraction of sp³-hybridized carbons (Fsp3) is 0.650. The highest BCUT2D eigenvalue weighted by atomic mass is 35.5. The van der Waals surface area contributed by atoms with E-state index in [2.05, 4.69) is 29.3 Å². The number of carbonyl (C=O) groups excluding carboxylic acids is 1. The minimum absolute atomic E-state index is 0. The highest BCUT2D eigenvalue weighted by Gasteiger charge is 2.40. The van der Waals surface area contributed by atoms with E-state index in [1.165, 1.54) is 24.0 Å². The summed E-state index contributed by atoms with van der Waals surface area (Å²) in [6.07, 6.45) is 5.08. The maximum atomic E-state index is 12.2. The molecule has 7 heteroatoms. The van der Waals surface area contributed by atoms with Crippen LogP contribution in [0.3, 0.4) is 0 Å². The molecule has 1 amide bonds. The third-order valence-corrected chi connectivity index (χ3v) is 5.80. The van der Waals surface area contributed by atoms with Crippen molar-refractivity contribution in [3.8, 4) is 5.75 Å². The Balaban J connectivity index is 0.00000182. The molecule has 5 nitrogen and oxygen atoms in total. The smallest absolute Gasteiger partial charge is 0.240 e. The highest BCUT2D eigenvalue weighted by Crippen LogP contribution is 2.29. The van der Waals surface area contributed by atoms with E-state index >= 15 is 0 Å². The van der Waals surface area contributed by atoms with Gasteiger partial charge in [-0.1, -0.05) is 6.07 Å². The number of hydrogen-bond donors (Lipinski definition) is 2. The van der Waals surface area contributed by atoms with E-state index in [9.17, 15) is 4.79 Å². The second kappa shape index (κ2) is 10.5. The van der Waals surface area contributed by atoms with Crippen LogP contribution in [0, 0.1) is 12.8 Å². The first-order chi connectivity index (χ1) is 12.0. The highest BCUT2D eigenvalue weighted by molar-refractivity contribution is 5.87. The van der Waals surface area contributed by atoms with Crippen LogP contribution >= 0.6 is 24.8 Å². The van der Waals surface area contributed by atoms with Crippen molar-refractivity contribution >= 4 is 30.7 Å². The average molecular weight is 418 g/mol. The van der Waals surface area contributed by atoms with E-state index in [1.54, 1.807) is 7.11 Å². The molecule has 3 N–H and O–H groups in total. The minimum Gasteiger partial charge on any atom is -0.497 e. The summed E-state index contributed by atoms with van der Waals surface area (Å²) in [7, 11) is 1.70. The normalized spacial score (nSPS) is 21.2. The third-order valence-electron chi connectivity index (χ3n) is 5.80. The molecule has 3 rings (SSSR count). The number of nitrogens with one attached hydrogen (secondary N) is 1. The van der Waals surface area contributed by atoms with Gasteiger partial charge in [0.15, 0.2) is 0 Å². The summed E-state index contributed by atoms with van der Waals surface area (Å²) < 4.78 is 5.29. The van der Waals surface area contributed by atoms with Gasteiger partial charge in [-0.25, -0.2) is 0 Å². The number of likely N-dealkylation sites (tertiary alicyclic amines) is 1. The standard InChI is InChI=1S/C20H31N3O2.2ClH/c1-15-11-18(25-2)7-6-17(15)14-23-10-3-5-16(13-23)12-22-19(24)20(21)8-4-9-20;;/h6-7,11,16H,3-5,8-10,12-14,21H2,1-2H3,(H,22,24);2*1H. The summed E-state index contributed by atoms with van der Waals surface area (Å²) in [4.78, 5) is 14.7. The van der Waals surface area contributed by atoms with Crippen LogP contribution in [0.5, 0.6) is 5.75 Å². The number of nitrogens with zero attached hydrogens (tertiary/aromatic N) is 1. The maximum absolute atomic E-state index is 12.2. The zero-order valence-corrected chi connectivity index (χ0v) is 18.0. The Kier molecular flexibility index (Phi) is 9.35. The van der Waals surface area contributed by atoms with E-state index in [0.29, 0.717) is 5.92 Å². The largest absolute Gasteiger partial charge is 0.497 e. The summed E-state index contributed by atoms with van der Waals surface area (Å²) in [5, 5.41) is 3.10. The number of piperidine rings is 1. The van der Waals surface area contributed by atoms with Crippen molar-refractivity contribution in [1.82, 2.24) is 10.2 Å². The zero-order valence-electron chi connectivity index (χ0n) is 16.3. The van der Waals surface area contributed by atoms with Crippen LogP contribution < -0.4 is 15.8 Å². The molecule has 1 saturated heterocycles. The van der Waals surface area contributed by atoms with Crippen molar-refractivity contribution in [2.75, 3.05) is 26.7 Å². The molecule has 27 heavy (non-hydrogen) atoms. The number of halogens is 2. The minimum atomic E-state index is -0.589. The Bertz CT molecular complexity index is 623. The van der Waals surface area contributed by atoms with Gasteiger partial charge in [0.05, 0.1) is 12.6 Å². The second-order valence-electron chi connectivity index (χ2n) is 7.76. The van der Waals surface area contributed by atoms with E-state index in [1.807, 2.05) is 6.07 Å². The van der Waals surface area contributed by atoms with Gasteiger partial charge >= 0.3 is 0 Å².